The van der Waals surface area contributed by atoms with E-state index >= 15 is 0 Å². The summed E-state index contributed by atoms with van der Waals surface area (Å²) < 4.78 is 6.45. The van der Waals surface area contributed by atoms with Gasteiger partial charge < -0.3 is 14.9 Å². The zero-order chi connectivity index (χ0) is 18.9. The minimum Gasteiger partial charge on any atom is -0.507 e. The number of carboxylic acid groups (broad SMARTS) is 1. The van der Waals surface area contributed by atoms with Crippen molar-refractivity contribution in [1.29, 1.82) is 0 Å². The van der Waals surface area contributed by atoms with Crippen LogP contribution in [0.25, 0.3) is 0 Å². The van der Waals surface area contributed by atoms with E-state index in [1.165, 1.54) is 0 Å². The van der Waals surface area contributed by atoms with Gasteiger partial charge in [-0.15, -0.1) is 0 Å². The summed E-state index contributed by atoms with van der Waals surface area (Å²) in [4.78, 5) is 11.9. The number of unbranched alkanes of at least 4 members (excludes halogenated alkanes) is 2. The molecule has 2 fully saturated rings. The maximum atomic E-state index is 11.9. The van der Waals surface area contributed by atoms with Crippen LogP contribution in [0.1, 0.15) is 87.2 Å². The Labute approximate surface area is 155 Å². The molecule has 0 bridgehead atoms. The molecule has 142 valence electrons. The lowest BCUT2D eigenvalue weighted by atomic mass is 9.45. The fraction of sp³-hybridized carbons (Fsp3) is 0.682. The molecule has 0 aromatic heterocycles. The molecule has 3 aliphatic rings. The smallest absolute Gasteiger partial charge is 0.339 e. The number of carboxylic acids is 1. The van der Waals surface area contributed by atoms with Gasteiger partial charge in [-0.1, -0.05) is 33.6 Å². The molecule has 0 amide bonds. The first-order valence-corrected chi connectivity index (χ1v) is 10.0. The number of carbonyl (C=O) groups is 1. The van der Waals surface area contributed by atoms with Gasteiger partial charge in [0.05, 0.1) is 0 Å². The van der Waals surface area contributed by atoms with Crippen molar-refractivity contribution in [3.05, 3.63) is 22.8 Å². The van der Waals surface area contributed by atoms with E-state index in [1.807, 2.05) is 6.07 Å². The molecule has 26 heavy (non-hydrogen) atoms. The highest BCUT2D eigenvalue weighted by Gasteiger charge is 2.69. The monoisotopic (exact) mass is 358 g/mol. The summed E-state index contributed by atoms with van der Waals surface area (Å²) in [5.74, 6) is 0.769. The molecule has 1 aromatic rings. The molecule has 1 aromatic carbocycles. The average Bonchev–Trinajstić information content (AvgIpc) is 2.88. The standard InChI is InChI=1S/C22H30O4/c1-5-6-7-8-12-11-14-16(19(23)15(12)20(24)25)18-17-13(21(18,2)3)9-10-22(17,4)26-14/h11,13,17-18,23H,5-10H2,1-4H3,(H,24,25)/t13-,17+,18+,22?/m0/s1. The van der Waals surface area contributed by atoms with Crippen LogP contribution in [0.2, 0.25) is 0 Å². The van der Waals surface area contributed by atoms with Gasteiger partial charge in [-0.25, -0.2) is 4.79 Å². The van der Waals surface area contributed by atoms with Crippen LogP contribution >= 0.6 is 0 Å². The molecule has 1 aliphatic heterocycles. The molecule has 2 N–H and O–H groups in total. The Balaban J connectivity index is 1.85. The van der Waals surface area contributed by atoms with Crippen molar-refractivity contribution in [3.8, 4) is 11.5 Å². The average molecular weight is 358 g/mol. The lowest BCUT2D eigenvalue weighted by Gasteiger charge is -2.62. The van der Waals surface area contributed by atoms with Crippen LogP contribution in [0.4, 0.5) is 0 Å². The molecular formula is C22H30O4. The Morgan fingerprint density at radius 1 is 1.31 bits per heavy atom. The molecule has 0 saturated heterocycles. The maximum Gasteiger partial charge on any atom is 0.339 e. The number of phenols is 1. The number of aryl methyl sites for hydroxylation is 1. The summed E-state index contributed by atoms with van der Waals surface area (Å²) in [7, 11) is 0. The van der Waals surface area contributed by atoms with Gasteiger partial charge in [-0.3, -0.25) is 0 Å². The Kier molecular flexibility index (Phi) is 3.84. The SMILES string of the molecule is CCCCCc1cc2c(c(O)c1C(=O)O)[C@@H]1[C@H]3[C@H](CCC3(C)O2)C1(C)C. The van der Waals surface area contributed by atoms with Crippen molar-refractivity contribution in [2.75, 3.05) is 0 Å². The molecule has 4 nitrogen and oxygen atoms in total. The van der Waals surface area contributed by atoms with Gasteiger partial charge in [-0.05, 0) is 55.6 Å². The molecule has 1 heterocycles. The molecule has 1 unspecified atom stereocenters. The highest BCUT2D eigenvalue weighted by molar-refractivity contribution is 5.94. The van der Waals surface area contributed by atoms with Gasteiger partial charge in [0.2, 0.25) is 0 Å². The first-order chi connectivity index (χ1) is 12.2. The molecule has 0 radical (unpaired) electrons. The Hall–Kier alpha value is -1.71. The van der Waals surface area contributed by atoms with Gasteiger partial charge in [0.1, 0.15) is 22.7 Å². The number of benzene rings is 1. The number of hydrogen-bond acceptors (Lipinski definition) is 3. The van der Waals surface area contributed by atoms with Gasteiger partial charge in [0, 0.05) is 17.4 Å². The Morgan fingerprint density at radius 3 is 2.69 bits per heavy atom. The third kappa shape index (κ3) is 2.17. The van der Waals surface area contributed by atoms with E-state index in [0.717, 1.165) is 43.4 Å². The normalized spacial score (nSPS) is 33.0. The number of aromatic hydroxyl groups is 1. The fourth-order valence-electron chi connectivity index (χ4n) is 6.23. The molecular weight excluding hydrogens is 328 g/mol. The first kappa shape index (κ1) is 17.7. The van der Waals surface area contributed by atoms with Crippen LogP contribution in [0.5, 0.6) is 11.5 Å². The highest BCUT2D eigenvalue weighted by Crippen LogP contribution is 2.74. The number of fused-ring (bicyclic) bond motifs is 2. The van der Waals surface area contributed by atoms with Crippen molar-refractivity contribution in [1.82, 2.24) is 0 Å². The van der Waals surface area contributed by atoms with Gasteiger partial charge in [0.15, 0.2) is 0 Å². The number of hydrogen-bond donors (Lipinski definition) is 2. The van der Waals surface area contributed by atoms with E-state index in [-0.39, 0.29) is 28.2 Å². The molecule has 2 saturated carbocycles. The topological polar surface area (TPSA) is 66.8 Å². The summed E-state index contributed by atoms with van der Waals surface area (Å²) >= 11 is 0. The molecule has 4 atom stereocenters. The van der Waals surface area contributed by atoms with Crippen molar-refractivity contribution in [2.45, 2.75) is 77.7 Å². The van der Waals surface area contributed by atoms with E-state index < -0.39 is 5.97 Å². The largest absolute Gasteiger partial charge is 0.507 e. The quantitative estimate of drug-likeness (QED) is 0.717. The summed E-state index contributed by atoms with van der Waals surface area (Å²) in [5, 5.41) is 20.8. The minimum absolute atomic E-state index is 0.0491. The van der Waals surface area contributed by atoms with Gasteiger partial charge >= 0.3 is 5.97 Å². The predicted octanol–water partition coefficient (Wildman–Crippen LogP) is 5.12. The summed E-state index contributed by atoms with van der Waals surface area (Å²) in [5.41, 5.74) is 1.42. The number of rotatable bonds is 5. The van der Waals surface area contributed by atoms with Crippen molar-refractivity contribution in [2.24, 2.45) is 17.3 Å². The minimum atomic E-state index is -1.04. The summed E-state index contributed by atoms with van der Waals surface area (Å²) in [6, 6.07) is 1.91. The maximum absolute atomic E-state index is 11.9. The second kappa shape index (κ2) is 5.64. The highest BCUT2D eigenvalue weighted by atomic mass is 16.5. The molecule has 4 rings (SSSR count). The second-order valence-corrected chi connectivity index (χ2v) is 9.32. The molecule has 4 heteroatoms. The molecule has 0 spiro atoms. The third-order valence-electron chi connectivity index (χ3n) is 7.51. The van der Waals surface area contributed by atoms with Crippen LogP contribution < -0.4 is 4.74 Å². The van der Waals surface area contributed by atoms with Crippen molar-refractivity contribution < 1.29 is 19.7 Å². The third-order valence-corrected chi connectivity index (χ3v) is 7.51. The lowest BCUT2D eigenvalue weighted by Crippen LogP contribution is -2.59. The Bertz CT molecular complexity index is 766. The van der Waals surface area contributed by atoms with Gasteiger partial charge in [0.25, 0.3) is 0 Å². The van der Waals surface area contributed by atoms with E-state index in [1.54, 1.807) is 0 Å². The van der Waals surface area contributed by atoms with Crippen molar-refractivity contribution in [3.63, 3.8) is 0 Å². The zero-order valence-corrected chi connectivity index (χ0v) is 16.3. The predicted molar refractivity (Wildman–Crippen MR) is 100 cm³/mol. The second-order valence-electron chi connectivity index (χ2n) is 9.32. The fourth-order valence-corrected chi connectivity index (χ4v) is 6.23. The lowest BCUT2D eigenvalue weighted by molar-refractivity contribution is -0.121. The van der Waals surface area contributed by atoms with Crippen molar-refractivity contribution >= 4 is 5.97 Å². The van der Waals surface area contributed by atoms with Crippen LogP contribution in [0.15, 0.2) is 6.07 Å². The van der Waals surface area contributed by atoms with E-state index in [2.05, 4.69) is 27.7 Å². The zero-order valence-electron chi connectivity index (χ0n) is 16.3. The van der Waals surface area contributed by atoms with Crippen LogP contribution in [0.3, 0.4) is 0 Å². The van der Waals surface area contributed by atoms with Crippen LogP contribution in [0, 0.1) is 17.3 Å². The molecule has 2 aliphatic carbocycles. The van der Waals surface area contributed by atoms with E-state index in [4.69, 9.17) is 4.74 Å². The van der Waals surface area contributed by atoms with Crippen LogP contribution in [-0.2, 0) is 6.42 Å². The Morgan fingerprint density at radius 2 is 2.04 bits per heavy atom. The van der Waals surface area contributed by atoms with Crippen LogP contribution in [-0.4, -0.2) is 21.8 Å². The number of aromatic carboxylic acids is 1. The summed E-state index contributed by atoms with van der Waals surface area (Å²) in [6.45, 7) is 8.84. The first-order valence-electron chi connectivity index (χ1n) is 10.0. The number of ether oxygens (including phenoxy) is 1. The van der Waals surface area contributed by atoms with E-state index in [9.17, 15) is 15.0 Å². The summed E-state index contributed by atoms with van der Waals surface area (Å²) in [6.07, 6.45) is 5.90. The van der Waals surface area contributed by atoms with E-state index in [0.29, 0.717) is 23.8 Å². The van der Waals surface area contributed by atoms with Gasteiger partial charge in [-0.2, -0.15) is 0 Å².